The van der Waals surface area contributed by atoms with E-state index in [1.165, 1.54) is 205 Å². The minimum Gasteiger partial charge on any atom is -0.462 e. The molecule has 0 aromatic heterocycles. The molecule has 0 aliphatic heterocycles. The lowest BCUT2D eigenvalue weighted by Gasteiger charge is -2.18. The second-order valence-electron chi connectivity index (χ2n) is 20.3. The Morgan fingerprint density at radius 2 is 0.529 bits per heavy atom. The van der Waals surface area contributed by atoms with Gasteiger partial charge in [0.1, 0.15) is 13.2 Å². The predicted octanol–water partition coefficient (Wildman–Crippen LogP) is 20.0. The fourth-order valence-corrected chi connectivity index (χ4v) is 8.84. The topological polar surface area (TPSA) is 78.9 Å². The van der Waals surface area contributed by atoms with Gasteiger partial charge < -0.3 is 14.2 Å². The highest BCUT2D eigenvalue weighted by molar-refractivity contribution is 5.71. The van der Waals surface area contributed by atoms with Crippen molar-refractivity contribution in [3.05, 3.63) is 36.5 Å². The maximum absolute atomic E-state index is 12.9. The predicted molar refractivity (Wildman–Crippen MR) is 293 cm³/mol. The first-order valence-electron chi connectivity index (χ1n) is 30.0. The van der Waals surface area contributed by atoms with Crippen LogP contribution in [-0.2, 0) is 28.6 Å². The Labute approximate surface area is 423 Å². The Bertz CT molecular complexity index is 1140. The summed E-state index contributed by atoms with van der Waals surface area (Å²) < 4.78 is 16.9. The van der Waals surface area contributed by atoms with E-state index in [0.717, 1.165) is 77.0 Å². The number of ether oxygens (including phenoxy) is 3. The third-order valence-electron chi connectivity index (χ3n) is 13.4. The maximum Gasteiger partial charge on any atom is 0.306 e. The van der Waals surface area contributed by atoms with E-state index in [-0.39, 0.29) is 31.1 Å². The molecule has 0 aliphatic carbocycles. The first kappa shape index (κ1) is 65.6. The third-order valence-corrected chi connectivity index (χ3v) is 13.4. The molecule has 0 rings (SSSR count). The lowest BCUT2D eigenvalue weighted by atomic mass is 10.0. The van der Waals surface area contributed by atoms with Crippen molar-refractivity contribution in [2.24, 2.45) is 0 Å². The zero-order valence-corrected chi connectivity index (χ0v) is 45.6. The standard InChI is InChI=1S/C62H114O6/c1-4-7-10-13-16-19-22-25-27-29-31-33-34-37-40-43-46-49-52-55-61(64)67-58-59(57-66-60(63)54-51-48-45-42-39-36-24-21-18-15-12-9-6-3)68-62(65)56-53-50-47-44-41-38-35-32-30-28-26-23-20-17-14-11-8-5-2/h28-32,35,59H,4-27,33-34,36-58H2,1-3H3/b30-28-,31-29-,35-32-. The first-order chi connectivity index (χ1) is 33.5. The van der Waals surface area contributed by atoms with Crippen molar-refractivity contribution in [2.75, 3.05) is 13.2 Å². The van der Waals surface area contributed by atoms with Gasteiger partial charge in [0, 0.05) is 19.3 Å². The molecule has 0 fully saturated rings. The normalized spacial score (nSPS) is 12.2. The van der Waals surface area contributed by atoms with Crippen LogP contribution in [0.25, 0.3) is 0 Å². The minimum atomic E-state index is -0.779. The molecule has 6 heteroatoms. The number of rotatable bonds is 55. The molecule has 0 heterocycles. The summed E-state index contributed by atoms with van der Waals surface area (Å²) in [5.41, 5.74) is 0. The van der Waals surface area contributed by atoms with Gasteiger partial charge in [-0.3, -0.25) is 14.4 Å². The zero-order chi connectivity index (χ0) is 49.3. The molecule has 1 unspecified atom stereocenters. The van der Waals surface area contributed by atoms with Gasteiger partial charge in [-0.05, 0) is 70.6 Å². The number of unbranched alkanes of at least 4 members (excludes halogenated alkanes) is 39. The molecule has 0 N–H and O–H groups in total. The van der Waals surface area contributed by atoms with Gasteiger partial charge in [-0.1, -0.05) is 269 Å². The van der Waals surface area contributed by atoms with Crippen LogP contribution in [0.3, 0.4) is 0 Å². The van der Waals surface area contributed by atoms with E-state index < -0.39 is 6.10 Å². The first-order valence-corrected chi connectivity index (χ1v) is 30.0. The van der Waals surface area contributed by atoms with Crippen molar-refractivity contribution < 1.29 is 28.6 Å². The molecule has 0 saturated carbocycles. The molecule has 0 saturated heterocycles. The molecular formula is C62H114O6. The molecule has 0 radical (unpaired) electrons. The Balaban J connectivity index is 4.36. The highest BCUT2D eigenvalue weighted by Crippen LogP contribution is 2.16. The highest BCUT2D eigenvalue weighted by atomic mass is 16.6. The van der Waals surface area contributed by atoms with E-state index in [9.17, 15) is 14.4 Å². The minimum absolute atomic E-state index is 0.0762. The summed E-state index contributed by atoms with van der Waals surface area (Å²) in [5, 5.41) is 0. The van der Waals surface area contributed by atoms with Crippen molar-refractivity contribution in [1.29, 1.82) is 0 Å². The summed E-state index contributed by atoms with van der Waals surface area (Å²) in [6.45, 7) is 6.66. The summed E-state index contributed by atoms with van der Waals surface area (Å²) in [7, 11) is 0. The average molecular weight is 956 g/mol. The fraction of sp³-hybridized carbons (Fsp3) is 0.855. The summed E-state index contributed by atoms with van der Waals surface area (Å²) >= 11 is 0. The molecule has 1 atom stereocenters. The van der Waals surface area contributed by atoms with Gasteiger partial charge in [0.25, 0.3) is 0 Å². The quantitative estimate of drug-likeness (QED) is 0.0199. The number of esters is 3. The van der Waals surface area contributed by atoms with Gasteiger partial charge in [0.05, 0.1) is 0 Å². The van der Waals surface area contributed by atoms with Crippen molar-refractivity contribution in [3.63, 3.8) is 0 Å². The number of carbonyl (C=O) groups is 3. The van der Waals surface area contributed by atoms with Crippen LogP contribution >= 0.6 is 0 Å². The summed E-state index contributed by atoms with van der Waals surface area (Å²) in [6, 6.07) is 0. The van der Waals surface area contributed by atoms with E-state index in [1.54, 1.807) is 0 Å². The van der Waals surface area contributed by atoms with E-state index in [0.29, 0.717) is 19.3 Å². The Morgan fingerprint density at radius 1 is 0.294 bits per heavy atom. The van der Waals surface area contributed by atoms with Crippen molar-refractivity contribution in [2.45, 2.75) is 329 Å². The Hall–Kier alpha value is -2.37. The molecule has 398 valence electrons. The number of carbonyl (C=O) groups excluding carboxylic acids is 3. The monoisotopic (exact) mass is 955 g/mol. The summed E-state index contributed by atoms with van der Waals surface area (Å²) in [4.78, 5) is 38.2. The van der Waals surface area contributed by atoms with Gasteiger partial charge in [-0.2, -0.15) is 0 Å². The van der Waals surface area contributed by atoms with Crippen LogP contribution in [0.15, 0.2) is 36.5 Å². The molecular weight excluding hydrogens is 841 g/mol. The van der Waals surface area contributed by atoms with Crippen LogP contribution in [-0.4, -0.2) is 37.2 Å². The van der Waals surface area contributed by atoms with Crippen LogP contribution in [0.1, 0.15) is 323 Å². The van der Waals surface area contributed by atoms with Crippen molar-refractivity contribution >= 4 is 17.9 Å². The fourth-order valence-electron chi connectivity index (χ4n) is 8.84. The molecule has 0 amide bonds. The largest absolute Gasteiger partial charge is 0.462 e. The van der Waals surface area contributed by atoms with Crippen LogP contribution in [0.2, 0.25) is 0 Å². The van der Waals surface area contributed by atoms with Gasteiger partial charge in [0.2, 0.25) is 0 Å². The Kier molecular flexibility index (Phi) is 55.2. The van der Waals surface area contributed by atoms with E-state index in [4.69, 9.17) is 14.2 Å². The zero-order valence-electron chi connectivity index (χ0n) is 45.6. The SMILES string of the molecule is CCCCCCCCC/C=C\C=C/CCCCCCCC(=O)OC(COC(=O)CCCCCCCCC/C=C\CCCCCCCCCC)COC(=O)CCCCCCCCCCCCCCC. The molecule has 6 nitrogen and oxygen atoms in total. The second-order valence-corrected chi connectivity index (χ2v) is 20.3. The average Bonchev–Trinajstić information content (AvgIpc) is 3.34. The Morgan fingerprint density at radius 3 is 0.824 bits per heavy atom. The molecule has 0 spiro atoms. The van der Waals surface area contributed by atoms with Crippen molar-refractivity contribution in [1.82, 2.24) is 0 Å². The van der Waals surface area contributed by atoms with Gasteiger partial charge >= 0.3 is 17.9 Å². The van der Waals surface area contributed by atoms with Gasteiger partial charge in [-0.15, -0.1) is 0 Å². The van der Waals surface area contributed by atoms with Crippen LogP contribution in [0.5, 0.6) is 0 Å². The molecule has 0 aromatic carbocycles. The van der Waals surface area contributed by atoms with E-state index in [2.05, 4.69) is 57.2 Å². The molecule has 0 aromatic rings. The second kappa shape index (κ2) is 57.2. The van der Waals surface area contributed by atoms with E-state index >= 15 is 0 Å². The van der Waals surface area contributed by atoms with Gasteiger partial charge in [-0.25, -0.2) is 0 Å². The number of allylic oxidation sites excluding steroid dienone is 6. The molecule has 68 heavy (non-hydrogen) atoms. The van der Waals surface area contributed by atoms with Crippen LogP contribution in [0, 0.1) is 0 Å². The van der Waals surface area contributed by atoms with Crippen LogP contribution < -0.4 is 0 Å². The number of hydrogen-bond donors (Lipinski definition) is 0. The number of hydrogen-bond acceptors (Lipinski definition) is 6. The van der Waals surface area contributed by atoms with E-state index in [1.807, 2.05) is 0 Å². The summed E-state index contributed by atoms with van der Waals surface area (Å²) in [6.07, 6.45) is 68.5. The third kappa shape index (κ3) is 54.6. The van der Waals surface area contributed by atoms with Crippen LogP contribution in [0.4, 0.5) is 0 Å². The highest BCUT2D eigenvalue weighted by Gasteiger charge is 2.19. The van der Waals surface area contributed by atoms with Crippen molar-refractivity contribution in [3.8, 4) is 0 Å². The summed E-state index contributed by atoms with van der Waals surface area (Å²) in [5.74, 6) is -0.877. The lowest BCUT2D eigenvalue weighted by Crippen LogP contribution is -2.30. The lowest BCUT2D eigenvalue weighted by molar-refractivity contribution is -0.167. The smallest absolute Gasteiger partial charge is 0.306 e. The maximum atomic E-state index is 12.9. The van der Waals surface area contributed by atoms with Gasteiger partial charge in [0.15, 0.2) is 6.10 Å². The molecule has 0 aliphatic rings. The molecule has 0 bridgehead atoms.